The lowest BCUT2D eigenvalue weighted by atomic mass is 9.90. The fraction of sp³-hybridized carbons (Fsp3) is 0.100. The number of nitrogen functional groups attached to an aromatic ring is 1. The molecule has 2 N–H and O–H groups in total. The van der Waals surface area contributed by atoms with E-state index in [4.69, 9.17) is 10.5 Å². The summed E-state index contributed by atoms with van der Waals surface area (Å²) in [5, 5.41) is 9.74. The molecule has 0 spiro atoms. The molecule has 0 fully saturated rings. The SMILES string of the molecule is COc1c(Br)cc(-c2c(C#N)c(N)nc(C)c2-c2ccccc2)cc1Br. The summed E-state index contributed by atoms with van der Waals surface area (Å²) in [6.07, 6.45) is 0. The van der Waals surface area contributed by atoms with Crippen molar-refractivity contribution in [1.29, 1.82) is 5.26 Å². The highest BCUT2D eigenvalue weighted by Gasteiger charge is 2.21. The van der Waals surface area contributed by atoms with Crippen LogP contribution in [0.1, 0.15) is 11.3 Å². The first-order chi connectivity index (χ1) is 12.5. The lowest BCUT2D eigenvalue weighted by Gasteiger charge is -2.17. The third kappa shape index (κ3) is 3.20. The van der Waals surface area contributed by atoms with Crippen molar-refractivity contribution in [3.05, 3.63) is 62.7 Å². The number of pyridine rings is 1. The number of halogens is 2. The third-order valence-corrected chi connectivity index (χ3v) is 5.25. The first-order valence-corrected chi connectivity index (χ1v) is 9.35. The maximum Gasteiger partial charge on any atom is 0.147 e. The molecule has 0 saturated heterocycles. The van der Waals surface area contributed by atoms with Crippen LogP contribution in [0.5, 0.6) is 5.75 Å². The molecular formula is C20H15Br2N3O. The van der Waals surface area contributed by atoms with Crippen molar-refractivity contribution in [3.63, 3.8) is 0 Å². The van der Waals surface area contributed by atoms with Crippen molar-refractivity contribution < 1.29 is 4.74 Å². The van der Waals surface area contributed by atoms with Gasteiger partial charge in [-0.2, -0.15) is 5.26 Å². The Morgan fingerprint density at radius 1 is 1.04 bits per heavy atom. The van der Waals surface area contributed by atoms with E-state index < -0.39 is 0 Å². The summed E-state index contributed by atoms with van der Waals surface area (Å²) in [4.78, 5) is 4.39. The van der Waals surface area contributed by atoms with Crippen LogP contribution in [0.15, 0.2) is 51.4 Å². The quantitative estimate of drug-likeness (QED) is 0.529. The Bertz CT molecular complexity index is 1000. The average molecular weight is 473 g/mol. The fourth-order valence-corrected chi connectivity index (χ4v) is 4.50. The maximum atomic E-state index is 9.74. The Labute approximate surface area is 168 Å². The number of methoxy groups -OCH3 is 1. The summed E-state index contributed by atoms with van der Waals surface area (Å²) in [5.41, 5.74) is 10.7. The Balaban J connectivity index is 2.42. The normalized spacial score (nSPS) is 10.4. The topological polar surface area (TPSA) is 71.9 Å². The zero-order chi connectivity index (χ0) is 18.8. The van der Waals surface area contributed by atoms with Crippen molar-refractivity contribution in [2.24, 2.45) is 0 Å². The van der Waals surface area contributed by atoms with E-state index in [1.807, 2.05) is 49.4 Å². The molecule has 0 radical (unpaired) electrons. The van der Waals surface area contributed by atoms with Gasteiger partial charge in [-0.15, -0.1) is 0 Å². The number of ether oxygens (including phenoxy) is 1. The van der Waals surface area contributed by atoms with Crippen LogP contribution in [-0.4, -0.2) is 12.1 Å². The lowest BCUT2D eigenvalue weighted by Crippen LogP contribution is -2.03. The zero-order valence-corrected chi connectivity index (χ0v) is 17.3. The molecule has 130 valence electrons. The van der Waals surface area contributed by atoms with E-state index in [0.717, 1.165) is 36.9 Å². The zero-order valence-electron chi connectivity index (χ0n) is 14.2. The van der Waals surface area contributed by atoms with Crippen LogP contribution in [0.2, 0.25) is 0 Å². The average Bonchev–Trinajstić information content (AvgIpc) is 2.61. The van der Waals surface area contributed by atoms with Gasteiger partial charge in [0.1, 0.15) is 23.2 Å². The number of anilines is 1. The van der Waals surface area contributed by atoms with Gasteiger partial charge in [0.25, 0.3) is 0 Å². The van der Waals surface area contributed by atoms with Gasteiger partial charge in [-0.3, -0.25) is 0 Å². The van der Waals surface area contributed by atoms with Crippen LogP contribution < -0.4 is 10.5 Å². The van der Waals surface area contributed by atoms with Crippen LogP contribution in [0.25, 0.3) is 22.3 Å². The van der Waals surface area contributed by atoms with Crippen LogP contribution in [0.4, 0.5) is 5.82 Å². The second-order valence-corrected chi connectivity index (χ2v) is 7.37. The highest BCUT2D eigenvalue weighted by molar-refractivity contribution is 9.11. The fourth-order valence-electron chi connectivity index (χ4n) is 2.99. The largest absolute Gasteiger partial charge is 0.494 e. The van der Waals surface area contributed by atoms with Crippen LogP contribution >= 0.6 is 31.9 Å². The molecule has 0 saturated carbocycles. The summed E-state index contributed by atoms with van der Waals surface area (Å²) >= 11 is 7.07. The van der Waals surface area contributed by atoms with Crippen LogP contribution in [-0.2, 0) is 0 Å². The van der Waals surface area contributed by atoms with Gasteiger partial charge in [-0.1, -0.05) is 30.3 Å². The van der Waals surface area contributed by atoms with Crippen molar-refractivity contribution in [1.82, 2.24) is 4.98 Å². The smallest absolute Gasteiger partial charge is 0.147 e. The molecule has 0 aliphatic rings. The van der Waals surface area contributed by atoms with E-state index in [-0.39, 0.29) is 5.82 Å². The van der Waals surface area contributed by atoms with Gasteiger partial charge in [0.15, 0.2) is 0 Å². The molecule has 1 aromatic heterocycles. The molecule has 0 atom stereocenters. The van der Waals surface area contributed by atoms with Crippen molar-refractivity contribution >= 4 is 37.7 Å². The standard InChI is InChI=1S/C20H15Br2N3O/c1-11-17(12-6-4-3-5-7-12)18(14(10-23)20(24)25-11)13-8-15(21)19(26-2)16(22)9-13/h3-9H,1-2H3,(H2,24,25). The molecule has 0 aliphatic heterocycles. The van der Waals surface area contributed by atoms with E-state index >= 15 is 0 Å². The number of nitrogens with two attached hydrogens (primary N) is 1. The van der Waals surface area contributed by atoms with E-state index in [2.05, 4.69) is 42.9 Å². The lowest BCUT2D eigenvalue weighted by molar-refractivity contribution is 0.409. The molecule has 0 amide bonds. The Hall–Kier alpha value is -2.36. The highest BCUT2D eigenvalue weighted by atomic mass is 79.9. The molecule has 0 bridgehead atoms. The molecule has 3 aromatic rings. The van der Waals surface area contributed by atoms with E-state index in [1.54, 1.807) is 7.11 Å². The monoisotopic (exact) mass is 471 g/mol. The predicted octanol–water partition coefficient (Wildman–Crippen LogP) is 5.71. The van der Waals surface area contributed by atoms with E-state index in [1.165, 1.54) is 0 Å². The number of nitriles is 1. The third-order valence-electron chi connectivity index (χ3n) is 4.07. The summed E-state index contributed by atoms with van der Waals surface area (Å²) in [7, 11) is 1.61. The van der Waals surface area contributed by atoms with Crippen LogP contribution in [0, 0.1) is 18.3 Å². The van der Waals surface area contributed by atoms with Crippen molar-refractivity contribution in [3.8, 4) is 34.1 Å². The number of hydrogen-bond donors (Lipinski definition) is 1. The number of aryl methyl sites for hydroxylation is 1. The maximum absolute atomic E-state index is 9.74. The van der Waals surface area contributed by atoms with Gasteiger partial charge in [0, 0.05) is 16.8 Å². The number of hydrogen-bond acceptors (Lipinski definition) is 4. The van der Waals surface area contributed by atoms with Gasteiger partial charge in [-0.25, -0.2) is 4.98 Å². The number of nitrogens with zero attached hydrogens (tertiary/aromatic N) is 2. The molecule has 0 unspecified atom stereocenters. The molecular weight excluding hydrogens is 458 g/mol. The van der Waals surface area contributed by atoms with Gasteiger partial charge in [0.05, 0.1) is 16.1 Å². The van der Waals surface area contributed by atoms with E-state index in [9.17, 15) is 5.26 Å². The summed E-state index contributed by atoms with van der Waals surface area (Å²) < 4.78 is 6.95. The Morgan fingerprint density at radius 3 is 2.19 bits per heavy atom. The molecule has 0 aliphatic carbocycles. The molecule has 6 heteroatoms. The molecule has 26 heavy (non-hydrogen) atoms. The number of rotatable bonds is 3. The predicted molar refractivity (Wildman–Crippen MR) is 111 cm³/mol. The minimum Gasteiger partial charge on any atom is -0.494 e. The summed E-state index contributed by atoms with van der Waals surface area (Å²) in [6, 6.07) is 15.9. The first kappa shape index (κ1) is 18.4. The summed E-state index contributed by atoms with van der Waals surface area (Å²) in [5.74, 6) is 0.912. The number of benzene rings is 2. The van der Waals surface area contributed by atoms with Gasteiger partial charge in [0.2, 0.25) is 0 Å². The van der Waals surface area contributed by atoms with E-state index in [0.29, 0.717) is 11.3 Å². The number of aromatic nitrogens is 1. The van der Waals surface area contributed by atoms with Gasteiger partial charge < -0.3 is 10.5 Å². The minimum absolute atomic E-state index is 0.225. The van der Waals surface area contributed by atoms with Crippen molar-refractivity contribution in [2.45, 2.75) is 6.92 Å². The highest BCUT2D eigenvalue weighted by Crippen LogP contribution is 2.43. The molecule has 4 nitrogen and oxygen atoms in total. The summed E-state index contributed by atoms with van der Waals surface area (Å²) in [6.45, 7) is 1.90. The van der Waals surface area contributed by atoms with Crippen LogP contribution in [0.3, 0.4) is 0 Å². The van der Waals surface area contributed by atoms with Crippen molar-refractivity contribution in [2.75, 3.05) is 12.8 Å². The first-order valence-electron chi connectivity index (χ1n) is 7.77. The Morgan fingerprint density at radius 2 is 1.65 bits per heavy atom. The molecule has 2 aromatic carbocycles. The molecule has 3 rings (SSSR count). The Kier molecular flexibility index (Phi) is 5.30. The molecule has 1 heterocycles. The minimum atomic E-state index is 0.225. The second kappa shape index (κ2) is 7.48. The van der Waals surface area contributed by atoms with Gasteiger partial charge in [-0.05, 0) is 62.0 Å². The second-order valence-electron chi connectivity index (χ2n) is 5.66. The van der Waals surface area contributed by atoms with Gasteiger partial charge >= 0.3 is 0 Å².